The summed E-state index contributed by atoms with van der Waals surface area (Å²) in [7, 11) is 0. The van der Waals surface area contributed by atoms with E-state index in [0.29, 0.717) is 11.2 Å². The molecule has 3 rings (SSSR count). The summed E-state index contributed by atoms with van der Waals surface area (Å²) in [6.45, 7) is 4.01. The molecule has 3 aromatic rings. The third kappa shape index (κ3) is 3.37. The molecular formula is C18H18N8. The summed E-state index contributed by atoms with van der Waals surface area (Å²) < 4.78 is 0. The number of amidine groups is 1. The number of aryl methyl sites for hydroxylation is 2. The van der Waals surface area contributed by atoms with Crippen LogP contribution < -0.4 is 11.2 Å². The second-order valence-corrected chi connectivity index (χ2v) is 5.76. The van der Waals surface area contributed by atoms with Gasteiger partial charge in [0.2, 0.25) is 5.71 Å². The van der Waals surface area contributed by atoms with Crippen molar-refractivity contribution in [3.8, 4) is 11.8 Å². The van der Waals surface area contributed by atoms with Gasteiger partial charge in [-0.05, 0) is 48.7 Å². The van der Waals surface area contributed by atoms with E-state index >= 15 is 0 Å². The van der Waals surface area contributed by atoms with Crippen LogP contribution in [0.5, 0.6) is 0 Å². The average molecular weight is 346 g/mol. The summed E-state index contributed by atoms with van der Waals surface area (Å²) >= 11 is 0. The lowest BCUT2D eigenvalue weighted by Crippen LogP contribution is -2.21. The lowest BCUT2D eigenvalue weighted by atomic mass is 10.2. The number of nitrogens with one attached hydrogen (secondary N) is 2. The van der Waals surface area contributed by atoms with Crippen molar-refractivity contribution in [2.24, 2.45) is 10.8 Å². The molecule has 0 radical (unpaired) electrons. The Kier molecular flexibility index (Phi) is 4.62. The first-order valence-electron chi connectivity index (χ1n) is 8.07. The third-order valence-electron chi connectivity index (χ3n) is 3.95. The van der Waals surface area contributed by atoms with Gasteiger partial charge in [-0.3, -0.25) is 10.8 Å². The number of hydrogen-bond acceptors (Lipinski definition) is 6. The van der Waals surface area contributed by atoms with Crippen LogP contribution in [0.3, 0.4) is 0 Å². The maximum Gasteiger partial charge on any atom is 0.201 e. The van der Waals surface area contributed by atoms with Crippen molar-refractivity contribution in [2.75, 3.05) is 5.43 Å². The third-order valence-corrected chi connectivity index (χ3v) is 3.95. The van der Waals surface area contributed by atoms with E-state index in [9.17, 15) is 0 Å². The number of anilines is 1. The number of rotatable bonds is 5. The van der Waals surface area contributed by atoms with Gasteiger partial charge in [0.25, 0.3) is 0 Å². The van der Waals surface area contributed by atoms with Crippen molar-refractivity contribution in [2.45, 2.75) is 20.3 Å². The number of hydrazone groups is 1. The highest BCUT2D eigenvalue weighted by Gasteiger charge is 2.09. The molecule has 0 fully saturated rings. The fourth-order valence-electron chi connectivity index (χ4n) is 2.43. The summed E-state index contributed by atoms with van der Waals surface area (Å²) in [6, 6.07) is 13.5. The SMILES string of the molecule is CCc1ccc(-n2nc3cc(C)c(N/N=C(\C#N)C(=N)N)cc3n2)cc1. The molecule has 0 spiro atoms. The van der Waals surface area contributed by atoms with E-state index in [2.05, 4.69) is 39.8 Å². The van der Waals surface area contributed by atoms with Crippen LogP contribution >= 0.6 is 0 Å². The maximum absolute atomic E-state index is 8.91. The van der Waals surface area contributed by atoms with Gasteiger partial charge in [0.05, 0.1) is 11.4 Å². The van der Waals surface area contributed by atoms with Crippen LogP contribution in [-0.2, 0) is 6.42 Å². The first-order valence-corrected chi connectivity index (χ1v) is 8.07. The van der Waals surface area contributed by atoms with Crippen molar-refractivity contribution < 1.29 is 0 Å². The highest BCUT2D eigenvalue weighted by Crippen LogP contribution is 2.22. The zero-order valence-corrected chi connectivity index (χ0v) is 14.5. The number of nitrogens with two attached hydrogens (primary N) is 1. The van der Waals surface area contributed by atoms with Gasteiger partial charge in [-0.25, -0.2) is 0 Å². The molecule has 26 heavy (non-hydrogen) atoms. The summed E-state index contributed by atoms with van der Waals surface area (Å²) in [6.07, 6.45) is 0.981. The van der Waals surface area contributed by atoms with E-state index in [1.54, 1.807) is 16.9 Å². The molecule has 2 aromatic carbocycles. The Bertz CT molecular complexity index is 1040. The minimum Gasteiger partial charge on any atom is -0.382 e. The van der Waals surface area contributed by atoms with Gasteiger partial charge in [0.1, 0.15) is 17.1 Å². The van der Waals surface area contributed by atoms with E-state index in [-0.39, 0.29) is 11.5 Å². The molecule has 1 aromatic heterocycles. The van der Waals surface area contributed by atoms with Gasteiger partial charge < -0.3 is 5.73 Å². The molecule has 0 bridgehead atoms. The Balaban J connectivity index is 1.95. The van der Waals surface area contributed by atoms with Crippen molar-refractivity contribution >= 4 is 28.3 Å². The predicted molar refractivity (Wildman–Crippen MR) is 102 cm³/mol. The quantitative estimate of drug-likeness (QED) is 0.371. The number of nitrogens with zero attached hydrogens (tertiary/aromatic N) is 5. The molecule has 0 amide bonds. The van der Waals surface area contributed by atoms with E-state index in [1.807, 2.05) is 25.1 Å². The molecule has 0 aliphatic heterocycles. The minimum atomic E-state index is -0.389. The molecular weight excluding hydrogens is 328 g/mol. The molecule has 0 saturated carbocycles. The van der Waals surface area contributed by atoms with Crippen LogP contribution in [-0.4, -0.2) is 26.5 Å². The van der Waals surface area contributed by atoms with Crippen molar-refractivity contribution in [3.05, 3.63) is 47.5 Å². The number of hydrogen-bond donors (Lipinski definition) is 3. The molecule has 4 N–H and O–H groups in total. The maximum atomic E-state index is 8.91. The zero-order chi connectivity index (χ0) is 18.7. The summed E-state index contributed by atoms with van der Waals surface area (Å²) in [5, 5.41) is 29.1. The van der Waals surface area contributed by atoms with Crippen LogP contribution in [0.25, 0.3) is 16.7 Å². The first-order chi connectivity index (χ1) is 12.5. The zero-order valence-electron chi connectivity index (χ0n) is 14.5. The van der Waals surface area contributed by atoms with Crippen LogP contribution in [0.2, 0.25) is 0 Å². The van der Waals surface area contributed by atoms with Gasteiger partial charge >= 0.3 is 0 Å². The molecule has 0 aliphatic rings. The standard InChI is InChI=1S/C18H18N8/c1-3-12-4-6-13(7-5-12)26-24-15-8-11(2)14(9-16(15)25-26)22-23-17(10-19)18(20)21/h4-9,22H,3H2,1-2H3,(H3,20,21)/b23-17+. The largest absolute Gasteiger partial charge is 0.382 e. The molecule has 8 nitrogen and oxygen atoms in total. The fourth-order valence-corrected chi connectivity index (χ4v) is 2.43. The monoisotopic (exact) mass is 346 g/mol. The number of benzene rings is 2. The van der Waals surface area contributed by atoms with E-state index < -0.39 is 0 Å². The topological polar surface area (TPSA) is 129 Å². The van der Waals surface area contributed by atoms with E-state index in [4.69, 9.17) is 16.4 Å². The average Bonchev–Trinajstić information content (AvgIpc) is 3.04. The Morgan fingerprint density at radius 2 is 1.92 bits per heavy atom. The fraction of sp³-hybridized carbons (Fsp3) is 0.167. The second-order valence-electron chi connectivity index (χ2n) is 5.76. The molecule has 0 aliphatic carbocycles. The lowest BCUT2D eigenvalue weighted by Gasteiger charge is -2.04. The second kappa shape index (κ2) is 7.03. The summed E-state index contributed by atoms with van der Waals surface area (Å²) in [5.74, 6) is -0.389. The molecule has 0 saturated heterocycles. The van der Waals surface area contributed by atoms with Crippen LogP contribution in [0, 0.1) is 23.7 Å². The van der Waals surface area contributed by atoms with Crippen molar-refractivity contribution in [1.29, 1.82) is 10.7 Å². The molecule has 0 unspecified atom stereocenters. The van der Waals surface area contributed by atoms with Crippen molar-refractivity contribution in [1.82, 2.24) is 15.0 Å². The van der Waals surface area contributed by atoms with Gasteiger partial charge in [-0.15, -0.1) is 10.2 Å². The molecule has 0 atom stereocenters. The lowest BCUT2D eigenvalue weighted by molar-refractivity contribution is 0.765. The van der Waals surface area contributed by atoms with Crippen LogP contribution in [0.1, 0.15) is 18.1 Å². The van der Waals surface area contributed by atoms with Gasteiger partial charge in [-0.1, -0.05) is 19.1 Å². The minimum absolute atomic E-state index is 0.177. The smallest absolute Gasteiger partial charge is 0.201 e. The Labute approximate surface area is 150 Å². The molecule has 130 valence electrons. The van der Waals surface area contributed by atoms with Gasteiger partial charge in [0, 0.05) is 0 Å². The number of nitriles is 1. The van der Waals surface area contributed by atoms with Crippen LogP contribution in [0.4, 0.5) is 5.69 Å². The van der Waals surface area contributed by atoms with Crippen LogP contribution in [0.15, 0.2) is 41.5 Å². The highest BCUT2D eigenvalue weighted by molar-refractivity contribution is 6.45. The number of aromatic nitrogens is 3. The molecule has 8 heteroatoms. The van der Waals surface area contributed by atoms with E-state index in [0.717, 1.165) is 23.2 Å². The number of fused-ring (bicyclic) bond motifs is 1. The van der Waals surface area contributed by atoms with Gasteiger partial charge in [0.15, 0.2) is 5.84 Å². The van der Waals surface area contributed by atoms with Gasteiger partial charge in [-0.2, -0.15) is 15.2 Å². The summed E-state index contributed by atoms with van der Waals surface area (Å²) in [4.78, 5) is 1.59. The predicted octanol–water partition coefficient (Wildman–Crippen LogP) is 2.52. The normalized spacial score (nSPS) is 11.3. The Morgan fingerprint density at radius 3 is 2.50 bits per heavy atom. The molecule has 1 heterocycles. The highest BCUT2D eigenvalue weighted by atomic mass is 15.5. The van der Waals surface area contributed by atoms with E-state index in [1.165, 1.54) is 5.56 Å². The summed E-state index contributed by atoms with van der Waals surface area (Å²) in [5.41, 5.74) is 13.0. The Hall–Kier alpha value is -3.73. The Morgan fingerprint density at radius 1 is 1.27 bits per heavy atom. The first kappa shape index (κ1) is 17.1. The van der Waals surface area contributed by atoms with Crippen molar-refractivity contribution in [3.63, 3.8) is 0 Å².